The number of hydrogen-bond acceptors (Lipinski definition) is 5. The predicted octanol–water partition coefficient (Wildman–Crippen LogP) is 6.67. The smallest absolute Gasteiger partial charge is 0.203 e. The fourth-order valence-electron chi connectivity index (χ4n) is 5.14. The molecule has 0 aliphatic rings. The zero-order valence-corrected chi connectivity index (χ0v) is 20.7. The summed E-state index contributed by atoms with van der Waals surface area (Å²) in [6.45, 7) is 0. The lowest BCUT2D eigenvalue weighted by atomic mass is 9.96. The fraction of sp³-hybridized carbons (Fsp3) is 0.172. The molecule has 0 fully saturated rings. The number of fused-ring (bicyclic) bond motifs is 7. The maximum Gasteiger partial charge on any atom is 0.203 e. The van der Waals surface area contributed by atoms with Gasteiger partial charge in [-0.1, -0.05) is 0 Å². The molecule has 0 amide bonds. The average molecular weight is 483 g/mol. The van der Waals surface area contributed by atoms with Crippen LogP contribution in [0.15, 0.2) is 54.6 Å². The van der Waals surface area contributed by atoms with E-state index in [0.717, 1.165) is 66.2 Å². The number of aromatic nitrogens is 2. The van der Waals surface area contributed by atoms with E-state index >= 15 is 0 Å². The molecule has 36 heavy (non-hydrogen) atoms. The number of H-pyrrole nitrogens is 2. The number of aromatic amines is 2. The molecule has 0 unspecified atom stereocenters. The first-order valence-corrected chi connectivity index (χ1v) is 11.5. The lowest BCUT2D eigenvalue weighted by molar-refractivity contribution is 0.324. The van der Waals surface area contributed by atoms with Crippen LogP contribution >= 0.6 is 0 Å². The van der Waals surface area contributed by atoms with Crippen LogP contribution in [0, 0.1) is 0 Å². The lowest BCUT2D eigenvalue weighted by Crippen LogP contribution is -1.96. The van der Waals surface area contributed by atoms with Gasteiger partial charge in [0.25, 0.3) is 0 Å². The first-order valence-electron chi connectivity index (χ1n) is 11.5. The van der Waals surface area contributed by atoms with Gasteiger partial charge in [-0.3, -0.25) is 0 Å². The van der Waals surface area contributed by atoms with E-state index in [1.54, 1.807) is 35.5 Å². The number of nitrogens with one attached hydrogen (secondary N) is 2. The molecule has 6 rings (SSSR count). The minimum atomic E-state index is 0.555. The highest BCUT2D eigenvalue weighted by Gasteiger charge is 2.21. The summed E-state index contributed by atoms with van der Waals surface area (Å²) in [4.78, 5) is 7.27. The monoisotopic (exact) mass is 482 g/mol. The summed E-state index contributed by atoms with van der Waals surface area (Å²) >= 11 is 0. The number of rotatable bonds is 6. The Morgan fingerprint density at radius 1 is 0.528 bits per heavy atom. The van der Waals surface area contributed by atoms with Gasteiger partial charge in [0.15, 0.2) is 11.5 Å². The number of methoxy groups -OCH3 is 5. The maximum absolute atomic E-state index is 5.66. The molecule has 7 heteroatoms. The van der Waals surface area contributed by atoms with Gasteiger partial charge in [-0.2, -0.15) is 0 Å². The molecular weight excluding hydrogens is 456 g/mol. The quantitative estimate of drug-likeness (QED) is 0.277. The van der Waals surface area contributed by atoms with E-state index in [2.05, 4.69) is 28.2 Å². The Bertz CT molecular complexity index is 1750. The normalized spacial score (nSPS) is 11.5. The van der Waals surface area contributed by atoms with Crippen LogP contribution in [-0.4, -0.2) is 45.5 Å². The number of hydrogen-bond donors (Lipinski definition) is 2. The number of ether oxygens (including phenoxy) is 5. The molecule has 0 aliphatic heterocycles. The molecule has 182 valence electrons. The molecule has 0 atom stereocenters. The van der Waals surface area contributed by atoms with Crippen molar-refractivity contribution in [1.82, 2.24) is 9.97 Å². The van der Waals surface area contributed by atoms with Gasteiger partial charge >= 0.3 is 0 Å². The van der Waals surface area contributed by atoms with Crippen LogP contribution in [0.5, 0.6) is 28.7 Å². The maximum atomic E-state index is 5.66. The minimum Gasteiger partial charge on any atom is -0.497 e. The Hall–Kier alpha value is -4.52. The standard InChI is InChI=1S/C29H26N2O5/c1-32-16-7-9-22-19(12-16)26-18(15-10-24(34-3)29(36-5)25(11-15)35-4)14-23-27(28(26)31-22)20-13-17(33-2)6-8-21(20)30-23/h6-14,30-31H,1-5H3. The largest absolute Gasteiger partial charge is 0.497 e. The van der Waals surface area contributed by atoms with Crippen molar-refractivity contribution in [3.63, 3.8) is 0 Å². The van der Waals surface area contributed by atoms with Crippen LogP contribution in [-0.2, 0) is 0 Å². The predicted molar refractivity (Wildman–Crippen MR) is 143 cm³/mol. The molecule has 0 bridgehead atoms. The van der Waals surface area contributed by atoms with Gasteiger partial charge in [-0.15, -0.1) is 0 Å². The molecule has 2 N–H and O–H groups in total. The summed E-state index contributed by atoms with van der Waals surface area (Å²) in [5.74, 6) is 3.35. The van der Waals surface area contributed by atoms with Crippen molar-refractivity contribution in [3.8, 4) is 39.9 Å². The van der Waals surface area contributed by atoms with Gasteiger partial charge in [-0.05, 0) is 65.7 Å². The van der Waals surface area contributed by atoms with Crippen molar-refractivity contribution in [2.75, 3.05) is 35.5 Å². The van der Waals surface area contributed by atoms with Gasteiger partial charge in [0, 0.05) is 38.1 Å². The third-order valence-corrected chi connectivity index (χ3v) is 6.82. The van der Waals surface area contributed by atoms with E-state index in [0.29, 0.717) is 17.2 Å². The van der Waals surface area contributed by atoms with Crippen molar-refractivity contribution in [2.24, 2.45) is 0 Å². The zero-order chi connectivity index (χ0) is 25.0. The average Bonchev–Trinajstić information content (AvgIpc) is 3.48. The van der Waals surface area contributed by atoms with Gasteiger partial charge in [-0.25, -0.2) is 0 Å². The van der Waals surface area contributed by atoms with Crippen LogP contribution in [0.4, 0.5) is 0 Å². The summed E-state index contributed by atoms with van der Waals surface area (Å²) in [7, 11) is 8.22. The number of benzene rings is 4. The van der Waals surface area contributed by atoms with E-state index in [-0.39, 0.29) is 0 Å². The van der Waals surface area contributed by atoms with Crippen LogP contribution in [0.1, 0.15) is 0 Å². The molecule has 4 aromatic carbocycles. The fourth-order valence-corrected chi connectivity index (χ4v) is 5.14. The van der Waals surface area contributed by atoms with Gasteiger partial charge < -0.3 is 33.7 Å². The first kappa shape index (κ1) is 22.0. The SMILES string of the molecule is COc1ccc2[nH]c3c(c(-c4cc(OC)c(OC)c(OC)c4)cc4[nH]c5ccc(OC)cc5c43)c2c1. The molecule has 0 saturated carbocycles. The lowest BCUT2D eigenvalue weighted by Gasteiger charge is -2.15. The molecule has 7 nitrogen and oxygen atoms in total. The Morgan fingerprint density at radius 3 is 1.67 bits per heavy atom. The topological polar surface area (TPSA) is 77.7 Å². The molecule has 0 saturated heterocycles. The van der Waals surface area contributed by atoms with E-state index in [9.17, 15) is 0 Å². The molecule has 6 aromatic rings. The Labute approximate surface area is 207 Å². The highest BCUT2D eigenvalue weighted by Crippen LogP contribution is 2.47. The van der Waals surface area contributed by atoms with Crippen LogP contribution in [0.25, 0.3) is 54.7 Å². The van der Waals surface area contributed by atoms with E-state index in [1.165, 1.54) is 0 Å². The van der Waals surface area contributed by atoms with E-state index in [4.69, 9.17) is 23.7 Å². The van der Waals surface area contributed by atoms with Crippen molar-refractivity contribution in [3.05, 3.63) is 54.6 Å². The molecule has 0 radical (unpaired) electrons. The van der Waals surface area contributed by atoms with Crippen molar-refractivity contribution >= 4 is 43.6 Å². The van der Waals surface area contributed by atoms with E-state index < -0.39 is 0 Å². The summed E-state index contributed by atoms with van der Waals surface area (Å²) < 4.78 is 28.0. The third-order valence-electron chi connectivity index (χ3n) is 6.82. The Balaban J connectivity index is 1.80. The first-order chi connectivity index (χ1) is 17.6. The minimum absolute atomic E-state index is 0.555. The molecule has 2 aromatic heterocycles. The van der Waals surface area contributed by atoms with Crippen LogP contribution in [0.3, 0.4) is 0 Å². The molecule has 2 heterocycles. The Kier molecular flexibility index (Phi) is 5.07. The highest BCUT2D eigenvalue weighted by molar-refractivity contribution is 6.28. The van der Waals surface area contributed by atoms with Crippen molar-refractivity contribution < 1.29 is 23.7 Å². The second-order valence-electron chi connectivity index (χ2n) is 8.58. The van der Waals surface area contributed by atoms with Crippen LogP contribution < -0.4 is 23.7 Å². The van der Waals surface area contributed by atoms with Gasteiger partial charge in [0.05, 0.1) is 41.1 Å². The van der Waals surface area contributed by atoms with Gasteiger partial charge in [0.2, 0.25) is 5.75 Å². The van der Waals surface area contributed by atoms with Crippen molar-refractivity contribution in [1.29, 1.82) is 0 Å². The molecule has 0 aliphatic carbocycles. The summed E-state index contributed by atoms with van der Waals surface area (Å²) in [5.41, 5.74) is 6.05. The Morgan fingerprint density at radius 2 is 1.11 bits per heavy atom. The van der Waals surface area contributed by atoms with E-state index in [1.807, 2.05) is 36.4 Å². The highest BCUT2D eigenvalue weighted by atomic mass is 16.5. The van der Waals surface area contributed by atoms with Gasteiger partial charge in [0.1, 0.15) is 11.5 Å². The second kappa shape index (κ2) is 8.30. The van der Waals surface area contributed by atoms with Crippen molar-refractivity contribution in [2.45, 2.75) is 0 Å². The summed E-state index contributed by atoms with van der Waals surface area (Å²) in [6.07, 6.45) is 0. The summed E-state index contributed by atoms with van der Waals surface area (Å²) in [6, 6.07) is 18.3. The third kappa shape index (κ3) is 3.12. The molecule has 0 spiro atoms. The second-order valence-corrected chi connectivity index (χ2v) is 8.58. The molecular formula is C29H26N2O5. The summed E-state index contributed by atoms with van der Waals surface area (Å²) in [5, 5.41) is 4.33. The zero-order valence-electron chi connectivity index (χ0n) is 20.7. The van der Waals surface area contributed by atoms with Crippen LogP contribution in [0.2, 0.25) is 0 Å².